The fourth-order valence-corrected chi connectivity index (χ4v) is 5.78. The van der Waals surface area contributed by atoms with Crippen LogP contribution in [0, 0.1) is 27.6 Å². The van der Waals surface area contributed by atoms with E-state index in [1.54, 1.807) is 20.8 Å². The number of nitrogens with zero attached hydrogens (tertiary/aromatic N) is 1. The highest BCUT2D eigenvalue weighted by molar-refractivity contribution is 5.99. The van der Waals surface area contributed by atoms with E-state index in [1.165, 1.54) is 0 Å². The van der Waals surface area contributed by atoms with Crippen molar-refractivity contribution in [3.8, 4) is 0 Å². The zero-order valence-electron chi connectivity index (χ0n) is 23.0. The lowest BCUT2D eigenvalue weighted by atomic mass is 9.79. The highest BCUT2D eigenvalue weighted by atomic mass is 16.7. The normalized spacial score (nSPS) is 41.3. The predicted molar refractivity (Wildman–Crippen MR) is 138 cm³/mol. The molecule has 0 amide bonds. The molecule has 3 N–H and O–H groups in total. The monoisotopic (exact) mass is 510 g/mol. The van der Waals surface area contributed by atoms with Crippen LogP contribution in [-0.4, -0.2) is 64.2 Å². The average Bonchev–Trinajstić information content (AvgIpc) is 2.74. The van der Waals surface area contributed by atoms with Crippen molar-refractivity contribution in [3.63, 3.8) is 0 Å². The third-order valence-electron chi connectivity index (χ3n) is 7.49. The van der Waals surface area contributed by atoms with Crippen molar-refractivity contribution < 1.29 is 29.2 Å². The Hall–Kier alpha value is -1.68. The van der Waals surface area contributed by atoms with Gasteiger partial charge in [0.25, 0.3) is 0 Å². The van der Waals surface area contributed by atoms with Crippen LogP contribution in [0.4, 0.5) is 0 Å². The summed E-state index contributed by atoms with van der Waals surface area (Å²) in [5.74, 6) is -1.27. The summed E-state index contributed by atoms with van der Waals surface area (Å²) >= 11 is 0. The lowest BCUT2D eigenvalue weighted by Gasteiger charge is -2.41. The van der Waals surface area contributed by atoms with Gasteiger partial charge < -0.3 is 29.8 Å². The van der Waals surface area contributed by atoms with Crippen LogP contribution in [0.5, 0.6) is 0 Å². The van der Waals surface area contributed by atoms with Gasteiger partial charge in [-0.3, -0.25) is 4.79 Å². The molecule has 206 valence electrons. The van der Waals surface area contributed by atoms with Crippen LogP contribution in [0.2, 0.25) is 0 Å². The number of carbonyl (C=O) groups is 1. The third-order valence-corrected chi connectivity index (χ3v) is 7.49. The third kappa shape index (κ3) is 8.16. The number of carbonyl (C=O) groups excluding carboxylic acids is 1. The van der Waals surface area contributed by atoms with Crippen molar-refractivity contribution in [1.82, 2.24) is 0 Å². The topological polar surface area (TPSA) is 138 Å². The van der Waals surface area contributed by atoms with Crippen LogP contribution in [0.25, 0.3) is 0 Å². The van der Waals surface area contributed by atoms with Gasteiger partial charge in [0.15, 0.2) is 12.3 Å². The maximum absolute atomic E-state index is 13.0. The standard InChI is InChI=1S/C27H46N2O7/c1-9-19-24(29-33)25(31)18(5)23(28)16(3)12-27(8,32)11-15(2)20(10-21(30)35-19)36-22-14-26(6,7)13-17(4)34-22/h15-17,19-20,22,24-25,28,31-32H,5,9-14H2,1-4,6-8H3/t15-,16-,17?,19-,20-,22+,24?,25?,27+/m1/s1. The Balaban J connectivity index is 2.38. The minimum atomic E-state index is -1.48. The highest BCUT2D eigenvalue weighted by Gasteiger charge is 2.40. The Bertz CT molecular complexity index is 812. The minimum absolute atomic E-state index is 0.00738. The van der Waals surface area contributed by atoms with Gasteiger partial charge in [0.2, 0.25) is 0 Å². The summed E-state index contributed by atoms with van der Waals surface area (Å²) in [4.78, 5) is 24.7. The zero-order valence-corrected chi connectivity index (χ0v) is 23.0. The first-order valence-corrected chi connectivity index (χ1v) is 13.1. The van der Waals surface area contributed by atoms with E-state index >= 15 is 0 Å². The van der Waals surface area contributed by atoms with Crippen LogP contribution in [-0.2, 0) is 19.0 Å². The van der Waals surface area contributed by atoms with E-state index < -0.39 is 48.1 Å². The zero-order chi connectivity index (χ0) is 27.4. The van der Waals surface area contributed by atoms with E-state index in [1.807, 2.05) is 13.8 Å². The van der Waals surface area contributed by atoms with Gasteiger partial charge >= 0.3 is 5.97 Å². The van der Waals surface area contributed by atoms with E-state index in [4.69, 9.17) is 19.6 Å². The molecule has 2 rings (SSSR count). The number of nitrogens with one attached hydrogen (secondary N) is 1. The van der Waals surface area contributed by atoms with Crippen LogP contribution >= 0.6 is 0 Å². The molecule has 2 saturated heterocycles. The maximum atomic E-state index is 13.0. The molecule has 0 aromatic carbocycles. The summed E-state index contributed by atoms with van der Waals surface area (Å²) in [6.07, 6.45) is -1.28. The van der Waals surface area contributed by atoms with Crippen molar-refractivity contribution in [2.45, 2.75) is 129 Å². The Morgan fingerprint density at radius 2 is 1.81 bits per heavy atom. The summed E-state index contributed by atoms with van der Waals surface area (Å²) < 4.78 is 18.0. The molecule has 3 unspecified atom stereocenters. The molecular formula is C27H46N2O7. The second-order valence-corrected chi connectivity index (χ2v) is 12.0. The number of ether oxygens (including phenoxy) is 3. The molecule has 0 aromatic rings. The number of nitroso groups, excluding NO2 is 1. The molecule has 9 atom stereocenters. The first-order chi connectivity index (χ1) is 16.6. The molecule has 0 saturated carbocycles. The highest BCUT2D eigenvalue weighted by Crippen LogP contribution is 2.38. The summed E-state index contributed by atoms with van der Waals surface area (Å²) in [6.45, 7) is 17.3. The first kappa shape index (κ1) is 30.5. The molecule has 36 heavy (non-hydrogen) atoms. The molecule has 0 aromatic heterocycles. The van der Waals surface area contributed by atoms with Gasteiger partial charge in [-0.25, -0.2) is 0 Å². The van der Waals surface area contributed by atoms with Crippen LogP contribution < -0.4 is 0 Å². The number of aliphatic hydroxyl groups excluding tert-OH is 1. The predicted octanol–water partition coefficient (Wildman–Crippen LogP) is 4.52. The second-order valence-electron chi connectivity index (χ2n) is 12.0. The molecule has 2 aliphatic heterocycles. The number of cyclic esters (lactones) is 1. The SMILES string of the molecule is C=C1C(=N)[C@H](C)C[C@@](C)(O)C[C@@H](C)[C@H](O[C@H]2CC(C)(C)CC(C)O2)CC(=O)O[C@H](CC)C(N=O)C1O. The van der Waals surface area contributed by atoms with Crippen molar-refractivity contribution in [2.24, 2.45) is 22.4 Å². The summed E-state index contributed by atoms with van der Waals surface area (Å²) in [5.41, 5.74) is -1.10. The Morgan fingerprint density at radius 3 is 2.36 bits per heavy atom. The Kier molecular flexibility index (Phi) is 10.4. The van der Waals surface area contributed by atoms with Gasteiger partial charge in [-0.05, 0) is 56.4 Å². The molecule has 2 aliphatic rings. The van der Waals surface area contributed by atoms with Crippen molar-refractivity contribution in [1.29, 1.82) is 5.41 Å². The van der Waals surface area contributed by atoms with Gasteiger partial charge in [-0.2, -0.15) is 4.91 Å². The first-order valence-electron chi connectivity index (χ1n) is 13.1. The average molecular weight is 511 g/mol. The molecule has 9 heteroatoms. The lowest BCUT2D eigenvalue weighted by Crippen LogP contribution is -2.45. The quantitative estimate of drug-likeness (QED) is 0.373. The van der Waals surface area contributed by atoms with E-state index in [9.17, 15) is 19.9 Å². The van der Waals surface area contributed by atoms with E-state index in [-0.39, 0.29) is 48.0 Å². The number of hydrogen-bond donors (Lipinski definition) is 3. The van der Waals surface area contributed by atoms with E-state index in [0.717, 1.165) is 6.42 Å². The smallest absolute Gasteiger partial charge is 0.308 e. The van der Waals surface area contributed by atoms with Crippen molar-refractivity contribution in [2.75, 3.05) is 0 Å². The molecule has 0 spiro atoms. The fraction of sp³-hybridized carbons (Fsp3) is 0.852. The molecule has 0 bridgehead atoms. The molecule has 2 heterocycles. The number of rotatable bonds is 4. The minimum Gasteiger partial charge on any atom is -0.460 e. The number of hydrogen-bond acceptors (Lipinski definition) is 9. The van der Waals surface area contributed by atoms with Crippen LogP contribution in [0.3, 0.4) is 0 Å². The number of aliphatic hydroxyl groups is 2. The van der Waals surface area contributed by atoms with Crippen molar-refractivity contribution >= 4 is 11.7 Å². The molecule has 9 nitrogen and oxygen atoms in total. The lowest BCUT2D eigenvalue weighted by molar-refractivity contribution is -0.243. The van der Waals surface area contributed by atoms with E-state index in [0.29, 0.717) is 12.8 Å². The van der Waals surface area contributed by atoms with E-state index in [2.05, 4.69) is 25.6 Å². The Labute approximate surface area is 215 Å². The largest absolute Gasteiger partial charge is 0.460 e. The van der Waals surface area contributed by atoms with Gasteiger partial charge in [0.05, 0.1) is 24.2 Å². The van der Waals surface area contributed by atoms with Crippen molar-refractivity contribution in [3.05, 3.63) is 17.1 Å². The van der Waals surface area contributed by atoms with Gasteiger partial charge in [-0.1, -0.05) is 46.4 Å². The number of esters is 1. The van der Waals surface area contributed by atoms with Crippen LogP contribution in [0.1, 0.15) is 87.0 Å². The van der Waals surface area contributed by atoms with Gasteiger partial charge in [-0.15, -0.1) is 0 Å². The maximum Gasteiger partial charge on any atom is 0.308 e. The molecule has 0 aliphatic carbocycles. The molecule has 2 fully saturated rings. The summed E-state index contributed by atoms with van der Waals surface area (Å²) in [5, 5.41) is 33.6. The molecular weight excluding hydrogens is 464 g/mol. The fourth-order valence-electron chi connectivity index (χ4n) is 5.78. The summed E-state index contributed by atoms with van der Waals surface area (Å²) in [7, 11) is 0. The van der Waals surface area contributed by atoms with Gasteiger partial charge in [0.1, 0.15) is 12.2 Å². The van der Waals surface area contributed by atoms with Gasteiger partial charge in [0, 0.05) is 18.1 Å². The molecule has 0 radical (unpaired) electrons. The Morgan fingerprint density at radius 1 is 1.17 bits per heavy atom. The second kappa shape index (κ2) is 12.2. The summed E-state index contributed by atoms with van der Waals surface area (Å²) in [6, 6.07) is -1.30. The van der Waals surface area contributed by atoms with Crippen LogP contribution in [0.15, 0.2) is 17.3 Å².